The number of nitrogens with zero attached hydrogens (tertiary/aromatic N) is 1. The Hall–Kier alpha value is -1.77. The maximum Gasteiger partial charge on any atom is 0.161 e. The van der Waals surface area contributed by atoms with Gasteiger partial charge >= 0.3 is 0 Å². The topological polar surface area (TPSA) is 93.7 Å². The highest BCUT2D eigenvalue weighted by Gasteiger charge is 2.07. The molecule has 0 saturated heterocycles. The second kappa shape index (κ2) is 5.20. The van der Waals surface area contributed by atoms with E-state index in [2.05, 4.69) is 0 Å². The van der Waals surface area contributed by atoms with Crippen LogP contribution < -0.4 is 4.74 Å². The molecule has 0 fully saturated rings. The predicted octanol–water partition coefficient (Wildman–Crippen LogP) is -0.00412. The Morgan fingerprint density at radius 3 is 2.73 bits per heavy atom. The summed E-state index contributed by atoms with van der Waals surface area (Å²) in [5, 5.41) is 35.5. The van der Waals surface area contributed by atoms with Gasteiger partial charge in [0.05, 0.1) is 18.2 Å². The van der Waals surface area contributed by atoms with Gasteiger partial charge in [-0.25, -0.2) is 0 Å². The van der Waals surface area contributed by atoms with Crippen molar-refractivity contribution in [1.29, 1.82) is 5.26 Å². The van der Waals surface area contributed by atoms with Crippen LogP contribution in [0.3, 0.4) is 0 Å². The molecule has 0 aromatic heterocycles. The summed E-state index contributed by atoms with van der Waals surface area (Å²) in [6.07, 6.45) is -0.986. The Morgan fingerprint density at radius 2 is 2.20 bits per heavy atom. The van der Waals surface area contributed by atoms with Crippen molar-refractivity contribution >= 4 is 0 Å². The number of phenols is 1. The average Bonchev–Trinajstić information content (AvgIpc) is 2.26. The van der Waals surface area contributed by atoms with Gasteiger partial charge in [-0.15, -0.1) is 0 Å². The second-order valence-corrected chi connectivity index (χ2v) is 2.94. The van der Waals surface area contributed by atoms with Crippen LogP contribution in [0.2, 0.25) is 0 Å². The maximum absolute atomic E-state index is 9.39. The lowest BCUT2D eigenvalue weighted by atomic mass is 10.2. The lowest BCUT2D eigenvalue weighted by Crippen LogP contribution is -2.21. The van der Waals surface area contributed by atoms with E-state index >= 15 is 0 Å². The van der Waals surface area contributed by atoms with E-state index in [0.717, 1.165) is 0 Å². The molecule has 1 atom stereocenters. The fourth-order valence-corrected chi connectivity index (χ4v) is 0.948. The Labute approximate surface area is 86.8 Å². The molecule has 3 N–H and O–H groups in total. The van der Waals surface area contributed by atoms with E-state index in [9.17, 15) is 5.11 Å². The van der Waals surface area contributed by atoms with Crippen LogP contribution in [0.1, 0.15) is 5.56 Å². The molecule has 5 heteroatoms. The first-order valence-electron chi connectivity index (χ1n) is 4.32. The zero-order valence-electron chi connectivity index (χ0n) is 7.92. The molecule has 1 aromatic rings. The zero-order valence-corrected chi connectivity index (χ0v) is 7.92. The Kier molecular flexibility index (Phi) is 3.92. The highest BCUT2D eigenvalue weighted by Crippen LogP contribution is 2.26. The Bertz CT molecular complexity index is 372. The number of phenolic OH excluding ortho intramolecular Hbond substituents is 1. The number of aliphatic hydroxyl groups excluding tert-OH is 2. The monoisotopic (exact) mass is 209 g/mol. The molecule has 0 unspecified atom stereocenters. The van der Waals surface area contributed by atoms with Gasteiger partial charge in [-0.05, 0) is 12.1 Å². The molecule has 1 rings (SSSR count). The predicted molar refractivity (Wildman–Crippen MR) is 51.4 cm³/mol. The Morgan fingerprint density at radius 1 is 1.47 bits per heavy atom. The minimum Gasteiger partial charge on any atom is -0.504 e. The van der Waals surface area contributed by atoms with Crippen LogP contribution in [0.5, 0.6) is 11.5 Å². The van der Waals surface area contributed by atoms with Gasteiger partial charge < -0.3 is 20.1 Å². The summed E-state index contributed by atoms with van der Waals surface area (Å²) in [4.78, 5) is 0. The number of ether oxygens (including phenoxy) is 1. The van der Waals surface area contributed by atoms with Gasteiger partial charge in [0.15, 0.2) is 11.5 Å². The van der Waals surface area contributed by atoms with Crippen LogP contribution in [0.4, 0.5) is 0 Å². The first kappa shape index (κ1) is 11.3. The van der Waals surface area contributed by atoms with Gasteiger partial charge in [0, 0.05) is 6.07 Å². The first-order valence-corrected chi connectivity index (χ1v) is 4.32. The summed E-state index contributed by atoms with van der Waals surface area (Å²) >= 11 is 0. The highest BCUT2D eigenvalue weighted by atomic mass is 16.5. The van der Waals surface area contributed by atoms with Gasteiger partial charge in [-0.2, -0.15) is 5.26 Å². The van der Waals surface area contributed by atoms with Crippen molar-refractivity contribution in [3.05, 3.63) is 23.8 Å². The quantitative estimate of drug-likeness (QED) is 0.648. The minimum atomic E-state index is -0.986. The lowest BCUT2D eigenvalue weighted by molar-refractivity contribution is 0.0527. The summed E-state index contributed by atoms with van der Waals surface area (Å²) in [7, 11) is 0. The average molecular weight is 209 g/mol. The number of aliphatic hydroxyl groups is 2. The highest BCUT2D eigenvalue weighted by molar-refractivity contribution is 5.45. The molecule has 15 heavy (non-hydrogen) atoms. The van der Waals surface area contributed by atoms with E-state index in [0.29, 0.717) is 5.56 Å². The van der Waals surface area contributed by atoms with Crippen molar-refractivity contribution in [3.63, 3.8) is 0 Å². The van der Waals surface area contributed by atoms with Gasteiger partial charge in [-0.1, -0.05) is 0 Å². The second-order valence-electron chi connectivity index (χ2n) is 2.94. The van der Waals surface area contributed by atoms with Gasteiger partial charge in [-0.3, -0.25) is 0 Å². The number of rotatable bonds is 4. The van der Waals surface area contributed by atoms with Crippen LogP contribution in [-0.2, 0) is 0 Å². The molecule has 80 valence electrons. The van der Waals surface area contributed by atoms with E-state index in [1.807, 2.05) is 6.07 Å². The number of aromatic hydroxyl groups is 1. The van der Waals surface area contributed by atoms with Crippen molar-refractivity contribution in [1.82, 2.24) is 0 Å². The molecule has 0 spiro atoms. The molecule has 5 nitrogen and oxygen atoms in total. The normalized spacial score (nSPS) is 11.8. The Balaban J connectivity index is 2.67. The summed E-state index contributed by atoms with van der Waals surface area (Å²) < 4.78 is 5.02. The number of benzene rings is 1. The molecular formula is C10H11NO4. The third-order valence-electron chi connectivity index (χ3n) is 1.73. The third-order valence-corrected chi connectivity index (χ3v) is 1.73. The molecule has 0 aliphatic heterocycles. The zero-order chi connectivity index (χ0) is 11.3. The SMILES string of the molecule is N#Cc1ccc(OC[C@H](O)CO)c(O)c1. The molecule has 0 bridgehead atoms. The molecule has 0 amide bonds. The van der Waals surface area contributed by atoms with Crippen LogP contribution in [0.15, 0.2) is 18.2 Å². The van der Waals surface area contributed by atoms with Crippen molar-refractivity contribution in [2.75, 3.05) is 13.2 Å². The van der Waals surface area contributed by atoms with Crippen molar-refractivity contribution in [2.45, 2.75) is 6.10 Å². The van der Waals surface area contributed by atoms with Crippen LogP contribution in [0, 0.1) is 11.3 Å². The van der Waals surface area contributed by atoms with Crippen molar-refractivity contribution in [2.24, 2.45) is 0 Å². The molecule has 0 heterocycles. The number of hydrogen-bond donors (Lipinski definition) is 3. The molecule has 0 aliphatic rings. The van der Waals surface area contributed by atoms with E-state index < -0.39 is 12.7 Å². The van der Waals surface area contributed by atoms with E-state index in [1.54, 1.807) is 0 Å². The van der Waals surface area contributed by atoms with Crippen molar-refractivity contribution in [3.8, 4) is 17.6 Å². The largest absolute Gasteiger partial charge is 0.504 e. The van der Waals surface area contributed by atoms with Gasteiger partial charge in [0.25, 0.3) is 0 Å². The van der Waals surface area contributed by atoms with E-state index in [4.69, 9.17) is 20.2 Å². The fraction of sp³-hybridized carbons (Fsp3) is 0.300. The number of hydrogen-bond acceptors (Lipinski definition) is 5. The summed E-state index contributed by atoms with van der Waals surface area (Å²) in [6.45, 7) is -0.521. The van der Waals surface area contributed by atoms with Crippen LogP contribution in [0.25, 0.3) is 0 Å². The number of nitriles is 1. The van der Waals surface area contributed by atoms with Gasteiger partial charge in [0.2, 0.25) is 0 Å². The smallest absolute Gasteiger partial charge is 0.161 e. The lowest BCUT2D eigenvalue weighted by Gasteiger charge is -2.10. The maximum atomic E-state index is 9.39. The van der Waals surface area contributed by atoms with Crippen LogP contribution in [-0.4, -0.2) is 34.6 Å². The van der Waals surface area contributed by atoms with Crippen molar-refractivity contribution < 1.29 is 20.1 Å². The summed E-state index contributed by atoms with van der Waals surface area (Å²) in [5.74, 6) is 0.000639. The fourth-order valence-electron chi connectivity index (χ4n) is 0.948. The summed E-state index contributed by atoms with van der Waals surface area (Å²) in [6, 6.07) is 6.05. The van der Waals surface area contributed by atoms with Gasteiger partial charge in [0.1, 0.15) is 12.7 Å². The first-order chi connectivity index (χ1) is 7.17. The van der Waals surface area contributed by atoms with Crippen LogP contribution >= 0.6 is 0 Å². The third kappa shape index (κ3) is 3.13. The molecule has 0 saturated carbocycles. The standard InChI is InChI=1S/C10H11NO4/c11-4-7-1-2-10(9(14)3-7)15-6-8(13)5-12/h1-3,8,12-14H,5-6H2/t8-/m1/s1. The van der Waals surface area contributed by atoms with E-state index in [1.165, 1.54) is 18.2 Å². The molecule has 1 aromatic carbocycles. The molecule has 0 aliphatic carbocycles. The molecule has 0 radical (unpaired) electrons. The molecular weight excluding hydrogens is 198 g/mol. The summed E-state index contributed by atoms with van der Waals surface area (Å²) in [5.41, 5.74) is 0.322. The van der Waals surface area contributed by atoms with E-state index in [-0.39, 0.29) is 18.1 Å². The minimum absolute atomic E-state index is 0.115.